The average Bonchev–Trinajstić information content (AvgIpc) is 3.67. The van der Waals surface area contributed by atoms with Gasteiger partial charge in [-0.1, -0.05) is 69.2 Å². The van der Waals surface area contributed by atoms with Gasteiger partial charge in [0.15, 0.2) is 5.91 Å². The first-order chi connectivity index (χ1) is 33.5. The van der Waals surface area contributed by atoms with E-state index in [9.17, 15) is 33.6 Å². The molecule has 2 saturated heterocycles. The number of fused-ring (bicyclic) bond motifs is 1. The molecule has 4 aromatic carbocycles. The first-order valence-corrected chi connectivity index (χ1v) is 23.9. The van der Waals surface area contributed by atoms with Crippen LogP contribution in [0.4, 0.5) is 5.69 Å². The number of benzene rings is 4. The number of imide groups is 1. The number of amides is 6. The molecule has 369 valence electrons. The van der Waals surface area contributed by atoms with Crippen LogP contribution < -0.4 is 21.5 Å². The number of aromatic nitrogens is 2. The minimum absolute atomic E-state index is 0. The summed E-state index contributed by atoms with van der Waals surface area (Å²) in [5, 5.41) is 8.05. The van der Waals surface area contributed by atoms with Gasteiger partial charge in [0.1, 0.15) is 11.7 Å². The van der Waals surface area contributed by atoms with Gasteiger partial charge in [-0.25, -0.2) is 4.98 Å². The number of carbonyl (C=O) groups excluding carboxylic acids is 6. The van der Waals surface area contributed by atoms with Gasteiger partial charge < -0.3 is 36.7 Å². The molecule has 0 saturated carbocycles. The molecule has 3 aliphatic heterocycles. The Kier molecular flexibility index (Phi) is 18.4. The number of hydrogen-bond acceptors (Lipinski definition) is 9. The molecule has 1 unspecified atom stereocenters. The Bertz CT molecular complexity index is 2810. The number of nitrogens with zero attached hydrogens (tertiary/aromatic N) is 5. The Balaban J connectivity index is 0.000000361. The summed E-state index contributed by atoms with van der Waals surface area (Å²) in [5.74, 6) is -1.23. The van der Waals surface area contributed by atoms with Gasteiger partial charge >= 0.3 is 0 Å². The van der Waals surface area contributed by atoms with Crippen molar-refractivity contribution < 1.29 is 61.5 Å². The van der Waals surface area contributed by atoms with E-state index in [1.165, 1.54) is 4.90 Å². The van der Waals surface area contributed by atoms with E-state index in [1.54, 1.807) is 36.0 Å². The topological polar surface area (TPSA) is 183 Å². The Morgan fingerprint density at radius 1 is 0.859 bits per heavy atom. The molecule has 4 heterocycles. The summed E-state index contributed by atoms with van der Waals surface area (Å²) >= 11 is 0. The molecule has 71 heavy (non-hydrogen) atoms. The summed E-state index contributed by atoms with van der Waals surface area (Å²) in [6, 6.07) is 28.5. The van der Waals surface area contributed by atoms with Crippen molar-refractivity contribution in [3.05, 3.63) is 159 Å². The number of nitrogens with one attached hydrogen (secondary N) is 3. The third kappa shape index (κ3) is 13.8. The van der Waals surface area contributed by atoms with Crippen LogP contribution in [-0.4, -0.2) is 105 Å². The summed E-state index contributed by atoms with van der Waals surface area (Å²) in [6.45, 7) is 16.8. The number of hydrogen-bond donors (Lipinski definition) is 3. The van der Waals surface area contributed by atoms with Crippen molar-refractivity contribution in [1.29, 1.82) is 0 Å². The van der Waals surface area contributed by atoms with Gasteiger partial charge in [-0.3, -0.25) is 39.0 Å². The Hall–Kier alpha value is -6.29. The van der Waals surface area contributed by atoms with Crippen LogP contribution in [0.15, 0.2) is 95.9 Å². The zero-order valence-corrected chi connectivity index (χ0v) is 44.1. The third-order valence-corrected chi connectivity index (χ3v) is 13.1. The van der Waals surface area contributed by atoms with Crippen molar-refractivity contribution >= 4 is 41.1 Å². The maximum atomic E-state index is 13.3. The third-order valence-electron chi connectivity index (χ3n) is 13.1. The molecule has 0 spiro atoms. The van der Waals surface area contributed by atoms with Gasteiger partial charge in [0, 0.05) is 120 Å². The molecule has 8 rings (SSSR count). The predicted molar refractivity (Wildman–Crippen MR) is 268 cm³/mol. The smallest absolute Gasteiger partial charge is 0.272 e. The Morgan fingerprint density at radius 2 is 1.55 bits per heavy atom. The van der Waals surface area contributed by atoms with Gasteiger partial charge in [-0.05, 0) is 85.2 Å². The first-order valence-electron chi connectivity index (χ1n) is 23.9. The van der Waals surface area contributed by atoms with E-state index < -0.39 is 6.04 Å². The summed E-state index contributed by atoms with van der Waals surface area (Å²) in [7, 11) is 1.72. The second kappa shape index (κ2) is 24.2. The zero-order valence-electron chi connectivity index (χ0n) is 41.3. The van der Waals surface area contributed by atoms with Gasteiger partial charge in [0.05, 0.1) is 11.6 Å². The predicted octanol–water partition coefficient (Wildman–Crippen LogP) is 6.02. The molecule has 1 atom stereocenters. The van der Waals surface area contributed by atoms with Gasteiger partial charge in [0.2, 0.25) is 11.8 Å². The molecule has 0 bridgehead atoms. The van der Waals surface area contributed by atoms with E-state index in [4.69, 9.17) is 4.98 Å². The summed E-state index contributed by atoms with van der Waals surface area (Å²) < 4.78 is 1.54. The van der Waals surface area contributed by atoms with E-state index in [0.29, 0.717) is 72.8 Å². The first kappa shape index (κ1) is 54.1. The molecule has 3 aliphatic rings. The summed E-state index contributed by atoms with van der Waals surface area (Å²) in [6.07, 6.45) is 5.74. The fourth-order valence-corrected chi connectivity index (χ4v) is 8.89. The van der Waals surface area contributed by atoms with Crippen molar-refractivity contribution in [3.8, 4) is 11.3 Å². The molecular weight excluding hydrogens is 974 g/mol. The maximum absolute atomic E-state index is 13.3. The maximum Gasteiger partial charge on any atom is 0.272 e. The minimum Gasteiger partial charge on any atom is -0.381 e. The zero-order chi connectivity index (χ0) is 50.1. The van der Waals surface area contributed by atoms with Crippen molar-refractivity contribution in [2.45, 2.75) is 84.2 Å². The summed E-state index contributed by atoms with van der Waals surface area (Å²) in [4.78, 5) is 96.2. The van der Waals surface area contributed by atoms with E-state index in [0.717, 1.165) is 66.7 Å². The normalized spacial score (nSPS) is 15.7. The number of unbranched alkanes of at least 4 members (excludes halogenated alkanes) is 2. The number of anilines is 1. The van der Waals surface area contributed by atoms with Crippen LogP contribution in [0.1, 0.15) is 112 Å². The van der Waals surface area contributed by atoms with Crippen LogP contribution in [0, 0.1) is 19.9 Å². The fraction of sp³-hybridized carbons (Fsp3) is 0.364. The van der Waals surface area contributed by atoms with Crippen molar-refractivity contribution in [1.82, 2.24) is 34.9 Å². The molecule has 1 aromatic heterocycles. The van der Waals surface area contributed by atoms with Gasteiger partial charge in [-0.2, -0.15) is 24.3 Å². The van der Waals surface area contributed by atoms with Crippen molar-refractivity contribution in [3.63, 3.8) is 0 Å². The molecule has 1 radical (unpaired) electrons. The summed E-state index contributed by atoms with van der Waals surface area (Å²) in [5.41, 5.74) is 7.84. The molecule has 6 amide bonds. The molecular formula is C55H62N8O7Y-2. The van der Waals surface area contributed by atoms with Crippen LogP contribution in [0.2, 0.25) is 0 Å². The van der Waals surface area contributed by atoms with Crippen molar-refractivity contribution in [2.75, 3.05) is 44.6 Å². The molecule has 0 aliphatic carbocycles. The van der Waals surface area contributed by atoms with Crippen LogP contribution in [-0.2, 0) is 72.5 Å². The Morgan fingerprint density at radius 3 is 2.21 bits per heavy atom. The van der Waals surface area contributed by atoms with Crippen LogP contribution >= 0.6 is 0 Å². The van der Waals surface area contributed by atoms with E-state index >= 15 is 0 Å². The number of aryl methyl sites for hydroxylation is 1. The second-order valence-electron chi connectivity index (χ2n) is 19.1. The van der Waals surface area contributed by atoms with Crippen LogP contribution in [0.3, 0.4) is 0 Å². The van der Waals surface area contributed by atoms with E-state index in [2.05, 4.69) is 54.6 Å². The standard InChI is InChI=1S/C42H51N6O4.C13H11N2O3.Y/c1-29-35(11-10-12-36(29)45-39(50)32-17-19-34(20-18-32)42(3,4)5)38-28-46(6)41(52)37(44-38)27-31-13-15-33(16-14-31)40(51)48-25-23-47(24-26-48)22-9-7-8-21-43-30(2)49;16-11-6-5-10(12(17)14-11)15-7-8-3-1-2-4-9(8)13(15)18;/h10-20,28H,2,7-9,21-27H2,1,3-6H3,(H,43,49)(H,45,50);1-2,4,10H,5-7H2,(H,14,16,17);/q2*-1;. The van der Waals surface area contributed by atoms with Gasteiger partial charge in [0.25, 0.3) is 17.4 Å². The molecule has 15 nitrogen and oxygen atoms in total. The monoisotopic (exact) mass is 1040 g/mol. The largest absolute Gasteiger partial charge is 0.381 e. The fourth-order valence-electron chi connectivity index (χ4n) is 8.89. The number of carbonyl (C=O) groups is 6. The number of rotatable bonds is 13. The van der Waals surface area contributed by atoms with Crippen LogP contribution in [0.5, 0.6) is 0 Å². The van der Waals surface area contributed by atoms with E-state index in [1.807, 2.05) is 78.6 Å². The SMILES string of the molecule is O=C1CCC(N2Cc3[c-]cccc3C2=O)C(=O)N1.[CH2-]C(=O)NCCCCCN1CCN(C(=O)c2ccc(Cc3nc(-c4cccc(NC(=O)c5ccc(C(C)(C)C)cc5)c4C)cn(C)c3=O)cc2)CC1.[Y]. The molecule has 16 heteroatoms. The van der Waals surface area contributed by atoms with Crippen LogP contribution in [0.25, 0.3) is 11.3 Å². The Labute approximate surface area is 441 Å². The quantitative estimate of drug-likeness (QED) is 0.0722. The second-order valence-corrected chi connectivity index (χ2v) is 19.1. The molecule has 2 fully saturated rings. The average molecular weight is 1040 g/mol. The van der Waals surface area contributed by atoms with Gasteiger partial charge in [-0.15, -0.1) is 5.56 Å². The molecule has 3 N–H and O–H groups in total. The number of piperazine rings is 1. The van der Waals surface area contributed by atoms with Crippen molar-refractivity contribution in [2.24, 2.45) is 7.05 Å². The minimum atomic E-state index is -0.545. The molecule has 5 aromatic rings. The number of piperidine rings is 1. The van der Waals surface area contributed by atoms with E-state index in [-0.39, 0.29) is 85.5 Å².